The number of pyridine rings is 1. The van der Waals surface area contributed by atoms with Gasteiger partial charge >= 0.3 is 0 Å². The number of nitrogens with one attached hydrogen (secondary N) is 1. The fourth-order valence-electron chi connectivity index (χ4n) is 3.39. The molecule has 1 fully saturated rings. The molecule has 0 spiro atoms. The summed E-state index contributed by atoms with van der Waals surface area (Å²) in [5.41, 5.74) is 1.42. The molecule has 1 heterocycles. The number of rotatable bonds is 7. The van der Waals surface area contributed by atoms with Crippen LogP contribution in [-0.2, 0) is 6.42 Å². The lowest BCUT2D eigenvalue weighted by atomic mass is 9.78. The summed E-state index contributed by atoms with van der Waals surface area (Å²) in [6, 6.07) is 5.01. The number of hydrogen-bond acceptors (Lipinski definition) is 2. The Bertz CT molecular complexity index is 355. The van der Waals surface area contributed by atoms with Gasteiger partial charge in [0.15, 0.2) is 0 Å². The molecule has 0 amide bonds. The number of nitrogens with zero attached hydrogens (tertiary/aromatic N) is 1. The van der Waals surface area contributed by atoms with Gasteiger partial charge in [-0.15, -0.1) is 0 Å². The first-order valence-corrected chi connectivity index (χ1v) is 8.42. The van der Waals surface area contributed by atoms with E-state index in [-0.39, 0.29) is 0 Å². The Morgan fingerprint density at radius 3 is 2.55 bits per heavy atom. The van der Waals surface area contributed by atoms with Crippen molar-refractivity contribution in [2.24, 2.45) is 11.8 Å². The van der Waals surface area contributed by atoms with E-state index in [1.165, 1.54) is 50.5 Å². The second kappa shape index (κ2) is 8.41. The third kappa shape index (κ3) is 4.90. The fourth-order valence-corrected chi connectivity index (χ4v) is 3.39. The van der Waals surface area contributed by atoms with Crippen molar-refractivity contribution in [3.63, 3.8) is 0 Å². The molecule has 1 aliphatic carbocycles. The van der Waals surface area contributed by atoms with Crippen LogP contribution in [0.4, 0.5) is 0 Å². The van der Waals surface area contributed by atoms with Crippen molar-refractivity contribution in [3.05, 3.63) is 30.1 Å². The van der Waals surface area contributed by atoms with Gasteiger partial charge < -0.3 is 5.32 Å². The molecule has 1 aromatic heterocycles. The molecule has 1 N–H and O–H groups in total. The molecule has 2 rings (SSSR count). The van der Waals surface area contributed by atoms with Gasteiger partial charge in [-0.3, -0.25) is 4.98 Å². The lowest BCUT2D eigenvalue weighted by Gasteiger charge is -2.33. The van der Waals surface area contributed by atoms with Crippen LogP contribution in [0.25, 0.3) is 0 Å². The monoisotopic (exact) mass is 274 g/mol. The summed E-state index contributed by atoms with van der Waals surface area (Å²) in [5, 5.41) is 3.81. The molecule has 1 aliphatic rings. The lowest BCUT2D eigenvalue weighted by molar-refractivity contribution is 0.222. The van der Waals surface area contributed by atoms with E-state index in [0.717, 1.165) is 18.4 Å². The van der Waals surface area contributed by atoms with Gasteiger partial charge in [0.05, 0.1) is 0 Å². The minimum absolute atomic E-state index is 0.704. The van der Waals surface area contributed by atoms with Crippen molar-refractivity contribution >= 4 is 0 Å². The molecule has 0 saturated heterocycles. The van der Waals surface area contributed by atoms with E-state index in [2.05, 4.69) is 36.3 Å². The zero-order valence-electron chi connectivity index (χ0n) is 13.1. The molecule has 112 valence electrons. The minimum Gasteiger partial charge on any atom is -0.314 e. The van der Waals surface area contributed by atoms with Crippen LogP contribution in [0.15, 0.2) is 24.5 Å². The zero-order valence-corrected chi connectivity index (χ0v) is 13.1. The second-order valence-corrected chi connectivity index (χ2v) is 6.47. The molecule has 20 heavy (non-hydrogen) atoms. The third-order valence-electron chi connectivity index (χ3n) is 4.78. The van der Waals surface area contributed by atoms with Crippen molar-refractivity contribution in [1.82, 2.24) is 10.3 Å². The fraction of sp³-hybridized carbons (Fsp3) is 0.722. The quantitative estimate of drug-likeness (QED) is 0.805. The Morgan fingerprint density at radius 1 is 1.20 bits per heavy atom. The van der Waals surface area contributed by atoms with E-state index in [0.29, 0.717) is 6.04 Å². The van der Waals surface area contributed by atoms with Crippen molar-refractivity contribution in [2.45, 2.75) is 64.8 Å². The van der Waals surface area contributed by atoms with Gasteiger partial charge in [0.1, 0.15) is 0 Å². The van der Waals surface area contributed by atoms with E-state index >= 15 is 0 Å². The average Bonchev–Trinajstić information content (AvgIpc) is 2.50. The van der Waals surface area contributed by atoms with Crippen LogP contribution in [0.5, 0.6) is 0 Å². The normalized spacial score (nSPS) is 24.5. The highest BCUT2D eigenvalue weighted by Gasteiger charge is 2.25. The van der Waals surface area contributed by atoms with E-state index in [4.69, 9.17) is 0 Å². The number of aryl methyl sites for hydroxylation is 1. The number of aromatic nitrogens is 1. The van der Waals surface area contributed by atoms with Crippen molar-refractivity contribution in [1.29, 1.82) is 0 Å². The van der Waals surface area contributed by atoms with Crippen LogP contribution in [0.1, 0.15) is 57.9 Å². The molecule has 1 saturated carbocycles. The maximum Gasteiger partial charge on any atom is 0.0270 e. The highest BCUT2D eigenvalue weighted by molar-refractivity contribution is 5.10. The molecular weight excluding hydrogens is 244 g/mol. The summed E-state index contributed by atoms with van der Waals surface area (Å²) in [7, 11) is 0. The first kappa shape index (κ1) is 15.5. The van der Waals surface area contributed by atoms with Crippen LogP contribution >= 0.6 is 0 Å². The summed E-state index contributed by atoms with van der Waals surface area (Å²) in [6.07, 6.45) is 13.2. The molecule has 2 heteroatoms. The van der Waals surface area contributed by atoms with Crippen molar-refractivity contribution in [2.75, 3.05) is 6.54 Å². The summed E-state index contributed by atoms with van der Waals surface area (Å²) in [5.74, 6) is 1.83. The summed E-state index contributed by atoms with van der Waals surface area (Å²) in [6.45, 7) is 5.82. The van der Waals surface area contributed by atoms with Gasteiger partial charge in [-0.1, -0.05) is 26.7 Å². The van der Waals surface area contributed by atoms with E-state index in [1.54, 1.807) is 0 Å². The second-order valence-electron chi connectivity index (χ2n) is 6.47. The maximum absolute atomic E-state index is 4.10. The Kier molecular flexibility index (Phi) is 6.52. The van der Waals surface area contributed by atoms with Crippen LogP contribution < -0.4 is 5.32 Å². The van der Waals surface area contributed by atoms with Gasteiger partial charge in [0.2, 0.25) is 0 Å². The number of hydrogen-bond donors (Lipinski definition) is 1. The largest absolute Gasteiger partial charge is 0.314 e. The van der Waals surface area contributed by atoms with Crippen molar-refractivity contribution in [3.8, 4) is 0 Å². The average molecular weight is 274 g/mol. The van der Waals surface area contributed by atoms with E-state index < -0.39 is 0 Å². The maximum atomic E-state index is 4.10. The van der Waals surface area contributed by atoms with Crippen LogP contribution in [0.2, 0.25) is 0 Å². The Morgan fingerprint density at radius 2 is 1.90 bits per heavy atom. The lowest BCUT2D eigenvalue weighted by Crippen LogP contribution is -2.38. The Labute approximate surface area is 124 Å². The van der Waals surface area contributed by atoms with Crippen LogP contribution in [0, 0.1) is 11.8 Å². The highest BCUT2D eigenvalue weighted by atomic mass is 14.9. The minimum atomic E-state index is 0.704. The topological polar surface area (TPSA) is 24.9 Å². The predicted molar refractivity (Wildman–Crippen MR) is 85.8 cm³/mol. The SMILES string of the molecule is CCCNC(CCc1ccncc1)C1CCC(C)CC1. The molecule has 2 nitrogen and oxygen atoms in total. The molecular formula is C18H30N2. The van der Waals surface area contributed by atoms with Crippen molar-refractivity contribution < 1.29 is 0 Å². The van der Waals surface area contributed by atoms with E-state index in [9.17, 15) is 0 Å². The molecule has 1 aromatic rings. The molecule has 0 bridgehead atoms. The molecule has 1 unspecified atom stereocenters. The molecule has 0 radical (unpaired) electrons. The van der Waals surface area contributed by atoms with Gasteiger partial charge in [-0.05, 0) is 68.2 Å². The summed E-state index contributed by atoms with van der Waals surface area (Å²) in [4.78, 5) is 4.10. The molecule has 0 aliphatic heterocycles. The molecule has 0 aromatic carbocycles. The summed E-state index contributed by atoms with van der Waals surface area (Å²) >= 11 is 0. The van der Waals surface area contributed by atoms with Crippen LogP contribution in [-0.4, -0.2) is 17.6 Å². The molecule has 1 atom stereocenters. The smallest absolute Gasteiger partial charge is 0.0270 e. The predicted octanol–water partition coefficient (Wildman–Crippen LogP) is 4.21. The van der Waals surface area contributed by atoms with Gasteiger partial charge in [-0.25, -0.2) is 0 Å². The van der Waals surface area contributed by atoms with Gasteiger partial charge in [0.25, 0.3) is 0 Å². The highest BCUT2D eigenvalue weighted by Crippen LogP contribution is 2.31. The van der Waals surface area contributed by atoms with Gasteiger partial charge in [-0.2, -0.15) is 0 Å². The van der Waals surface area contributed by atoms with Crippen LogP contribution in [0.3, 0.4) is 0 Å². The zero-order chi connectivity index (χ0) is 14.2. The first-order chi connectivity index (χ1) is 9.79. The Balaban J connectivity index is 1.86. The standard InChI is InChI=1S/C18H30N2/c1-3-12-20-18(17-7-4-15(2)5-8-17)9-6-16-10-13-19-14-11-16/h10-11,13-15,17-18,20H,3-9,12H2,1-2H3. The third-order valence-corrected chi connectivity index (χ3v) is 4.78. The first-order valence-electron chi connectivity index (χ1n) is 8.42. The Hall–Kier alpha value is -0.890. The van der Waals surface area contributed by atoms with Gasteiger partial charge in [0, 0.05) is 18.4 Å². The summed E-state index contributed by atoms with van der Waals surface area (Å²) < 4.78 is 0. The van der Waals surface area contributed by atoms with E-state index in [1.807, 2.05) is 12.4 Å².